The number of phenols is 1. The van der Waals surface area contributed by atoms with Crippen LogP contribution in [-0.4, -0.2) is 11.1 Å². The van der Waals surface area contributed by atoms with E-state index in [1.165, 1.54) is 6.07 Å². The number of carbonyl (C=O) groups is 1. The van der Waals surface area contributed by atoms with Crippen LogP contribution in [0.5, 0.6) is 11.5 Å². The third-order valence-electron chi connectivity index (χ3n) is 2.36. The van der Waals surface area contributed by atoms with Gasteiger partial charge in [0.05, 0.1) is 0 Å². The minimum Gasteiger partial charge on any atom is -0.508 e. The molecule has 0 atom stereocenters. The molecule has 1 N–H and O–H groups in total. The Balaban J connectivity index is 2.52. The zero-order valence-corrected chi connectivity index (χ0v) is 9.43. The highest BCUT2D eigenvalue weighted by Crippen LogP contribution is 2.30. The minimum absolute atomic E-state index is 0.0632. The van der Waals surface area contributed by atoms with E-state index in [0.29, 0.717) is 11.3 Å². The molecule has 2 aromatic carbocycles. The smallest absolute Gasteiger partial charge is 0.338 e. The summed E-state index contributed by atoms with van der Waals surface area (Å²) in [5, 5.41) is 11.1. The Bertz CT molecular complexity index is 599. The number of hydrogen-bond acceptors (Lipinski definition) is 3. The van der Waals surface area contributed by atoms with Crippen LogP contribution in [0.15, 0.2) is 48.6 Å². The average Bonchev–Trinajstić information content (AvgIpc) is 2.28. The zero-order chi connectivity index (χ0) is 12.4. The molecule has 0 fully saturated rings. The van der Waals surface area contributed by atoms with Gasteiger partial charge in [0, 0.05) is 17.0 Å². The molecule has 0 aromatic heterocycles. The van der Waals surface area contributed by atoms with E-state index in [1.807, 2.05) is 24.3 Å². The highest BCUT2D eigenvalue weighted by atomic mass is 16.5. The lowest BCUT2D eigenvalue weighted by Crippen LogP contribution is -2.08. The molecule has 0 saturated heterocycles. The standard InChI is InChI=1S/C14H12O3/c1-9(2)14(16)17-13-8-11(15)7-10-5-3-4-6-12(10)13/h3-8,15H,1H2,2H3. The Hall–Kier alpha value is -2.29. The van der Waals surface area contributed by atoms with Crippen LogP contribution >= 0.6 is 0 Å². The van der Waals surface area contributed by atoms with Crippen LogP contribution in [0.25, 0.3) is 10.8 Å². The molecule has 0 bridgehead atoms. The lowest BCUT2D eigenvalue weighted by Gasteiger charge is -2.08. The molecule has 86 valence electrons. The van der Waals surface area contributed by atoms with Crippen molar-refractivity contribution < 1.29 is 14.6 Å². The quantitative estimate of drug-likeness (QED) is 0.488. The third-order valence-corrected chi connectivity index (χ3v) is 2.36. The summed E-state index contributed by atoms with van der Waals surface area (Å²) in [4.78, 5) is 11.5. The van der Waals surface area contributed by atoms with E-state index in [0.717, 1.165) is 10.8 Å². The monoisotopic (exact) mass is 228 g/mol. The average molecular weight is 228 g/mol. The molecule has 0 saturated carbocycles. The van der Waals surface area contributed by atoms with Crippen LogP contribution < -0.4 is 4.74 Å². The lowest BCUT2D eigenvalue weighted by atomic mass is 10.1. The van der Waals surface area contributed by atoms with E-state index < -0.39 is 5.97 Å². The Morgan fingerprint density at radius 3 is 2.71 bits per heavy atom. The Morgan fingerprint density at radius 2 is 2.00 bits per heavy atom. The molecule has 2 rings (SSSR count). The summed E-state index contributed by atoms with van der Waals surface area (Å²) in [6.07, 6.45) is 0. The van der Waals surface area contributed by atoms with E-state index in [4.69, 9.17) is 4.74 Å². The van der Waals surface area contributed by atoms with Crippen LogP contribution in [0.1, 0.15) is 6.92 Å². The van der Waals surface area contributed by atoms with E-state index in [1.54, 1.807) is 13.0 Å². The van der Waals surface area contributed by atoms with E-state index >= 15 is 0 Å². The molecule has 3 nitrogen and oxygen atoms in total. The molecule has 0 amide bonds. The number of ether oxygens (including phenoxy) is 1. The summed E-state index contributed by atoms with van der Waals surface area (Å²) < 4.78 is 5.17. The van der Waals surface area contributed by atoms with Crippen molar-refractivity contribution in [3.63, 3.8) is 0 Å². The summed E-state index contributed by atoms with van der Waals surface area (Å²) in [7, 11) is 0. The summed E-state index contributed by atoms with van der Waals surface area (Å²) >= 11 is 0. The number of phenolic OH excluding ortho intramolecular Hbond substituents is 1. The molecule has 0 heterocycles. The predicted molar refractivity (Wildman–Crippen MR) is 66.1 cm³/mol. The molecule has 0 radical (unpaired) electrons. The van der Waals surface area contributed by atoms with Gasteiger partial charge >= 0.3 is 5.97 Å². The maximum atomic E-state index is 11.5. The number of rotatable bonds is 2. The van der Waals surface area contributed by atoms with Gasteiger partial charge in [-0.15, -0.1) is 0 Å². The fourth-order valence-corrected chi connectivity index (χ4v) is 1.53. The fraction of sp³-hybridized carbons (Fsp3) is 0.0714. The SMILES string of the molecule is C=C(C)C(=O)Oc1cc(O)cc2ccccc12. The molecule has 0 aliphatic rings. The van der Waals surface area contributed by atoms with Crippen molar-refractivity contribution in [3.05, 3.63) is 48.6 Å². The summed E-state index contributed by atoms with van der Waals surface area (Å²) in [6.45, 7) is 5.09. The third kappa shape index (κ3) is 2.28. The lowest BCUT2D eigenvalue weighted by molar-refractivity contribution is -0.129. The van der Waals surface area contributed by atoms with E-state index in [2.05, 4.69) is 6.58 Å². The fourth-order valence-electron chi connectivity index (χ4n) is 1.53. The number of esters is 1. The second kappa shape index (κ2) is 4.29. The molecule has 0 unspecified atom stereocenters. The van der Waals surface area contributed by atoms with Crippen molar-refractivity contribution in [2.45, 2.75) is 6.92 Å². The topological polar surface area (TPSA) is 46.5 Å². The molecule has 17 heavy (non-hydrogen) atoms. The van der Waals surface area contributed by atoms with Gasteiger partial charge in [-0.2, -0.15) is 0 Å². The first kappa shape index (κ1) is 11.2. The van der Waals surface area contributed by atoms with Crippen molar-refractivity contribution in [2.75, 3.05) is 0 Å². The van der Waals surface area contributed by atoms with Gasteiger partial charge in [0.15, 0.2) is 0 Å². The highest BCUT2D eigenvalue weighted by Gasteiger charge is 2.10. The minimum atomic E-state index is -0.499. The number of carbonyl (C=O) groups excluding carboxylic acids is 1. The van der Waals surface area contributed by atoms with Gasteiger partial charge in [0.25, 0.3) is 0 Å². The van der Waals surface area contributed by atoms with Gasteiger partial charge < -0.3 is 9.84 Å². The van der Waals surface area contributed by atoms with Gasteiger partial charge in [0.1, 0.15) is 11.5 Å². The van der Waals surface area contributed by atoms with Crippen LogP contribution in [0, 0.1) is 0 Å². The Morgan fingerprint density at radius 1 is 1.29 bits per heavy atom. The Labute approximate surface area is 99.0 Å². The van der Waals surface area contributed by atoms with Crippen molar-refractivity contribution in [3.8, 4) is 11.5 Å². The van der Waals surface area contributed by atoms with E-state index in [9.17, 15) is 9.90 Å². The normalized spacial score (nSPS) is 10.2. The van der Waals surface area contributed by atoms with Gasteiger partial charge in [-0.3, -0.25) is 0 Å². The summed E-state index contributed by atoms with van der Waals surface area (Å²) in [5.74, 6) is -0.0948. The first-order valence-corrected chi connectivity index (χ1v) is 5.17. The first-order valence-electron chi connectivity index (χ1n) is 5.17. The molecular formula is C14H12O3. The maximum absolute atomic E-state index is 11.5. The van der Waals surface area contributed by atoms with Gasteiger partial charge in [-0.1, -0.05) is 30.8 Å². The number of benzene rings is 2. The summed E-state index contributed by atoms with van der Waals surface area (Å²) in [5.41, 5.74) is 0.317. The van der Waals surface area contributed by atoms with Gasteiger partial charge in [-0.05, 0) is 18.4 Å². The Kier molecular flexibility index (Phi) is 2.83. The molecule has 2 aromatic rings. The van der Waals surface area contributed by atoms with Crippen molar-refractivity contribution in [1.82, 2.24) is 0 Å². The molecule has 0 aliphatic carbocycles. The molecule has 0 aliphatic heterocycles. The second-order valence-corrected chi connectivity index (χ2v) is 3.83. The summed E-state index contributed by atoms with van der Waals surface area (Å²) in [6, 6.07) is 10.4. The molecule has 0 spiro atoms. The van der Waals surface area contributed by atoms with Crippen molar-refractivity contribution in [1.29, 1.82) is 0 Å². The first-order chi connectivity index (χ1) is 8.08. The highest BCUT2D eigenvalue weighted by molar-refractivity contribution is 5.95. The van der Waals surface area contributed by atoms with Crippen LogP contribution in [0.3, 0.4) is 0 Å². The van der Waals surface area contributed by atoms with Crippen molar-refractivity contribution in [2.24, 2.45) is 0 Å². The zero-order valence-electron chi connectivity index (χ0n) is 9.43. The second-order valence-electron chi connectivity index (χ2n) is 3.83. The van der Waals surface area contributed by atoms with Gasteiger partial charge in [-0.25, -0.2) is 4.79 Å². The largest absolute Gasteiger partial charge is 0.508 e. The van der Waals surface area contributed by atoms with Crippen LogP contribution in [0.2, 0.25) is 0 Å². The van der Waals surface area contributed by atoms with Crippen LogP contribution in [-0.2, 0) is 4.79 Å². The number of hydrogen-bond donors (Lipinski definition) is 1. The molecular weight excluding hydrogens is 216 g/mol. The van der Waals surface area contributed by atoms with Crippen LogP contribution in [0.4, 0.5) is 0 Å². The predicted octanol–water partition coefficient (Wildman–Crippen LogP) is 3.03. The van der Waals surface area contributed by atoms with E-state index in [-0.39, 0.29) is 5.75 Å². The van der Waals surface area contributed by atoms with Crippen molar-refractivity contribution >= 4 is 16.7 Å². The molecule has 3 heteroatoms. The van der Waals surface area contributed by atoms with Gasteiger partial charge in [0.2, 0.25) is 0 Å². The number of fused-ring (bicyclic) bond motifs is 1. The number of aromatic hydroxyl groups is 1. The maximum Gasteiger partial charge on any atom is 0.338 e.